The minimum absolute atomic E-state index is 0.123. The summed E-state index contributed by atoms with van der Waals surface area (Å²) in [5.74, 6) is 0. The van der Waals surface area contributed by atoms with Crippen molar-refractivity contribution in [3.63, 3.8) is 0 Å². The van der Waals surface area contributed by atoms with Gasteiger partial charge >= 0.3 is 6.03 Å². The fraction of sp³-hybridized carbons (Fsp3) is 0.278. The summed E-state index contributed by atoms with van der Waals surface area (Å²) in [6.07, 6.45) is 1.80. The van der Waals surface area contributed by atoms with E-state index in [1.807, 2.05) is 18.2 Å². The molecule has 122 valence electrons. The first-order valence-corrected chi connectivity index (χ1v) is 7.93. The maximum Gasteiger partial charge on any atom is 0.321 e. The number of piperazine rings is 1. The Morgan fingerprint density at radius 3 is 2.71 bits per heavy atom. The van der Waals surface area contributed by atoms with Crippen LogP contribution >= 0.6 is 0 Å². The van der Waals surface area contributed by atoms with Crippen LogP contribution in [-0.4, -0.2) is 47.0 Å². The third-order valence-corrected chi connectivity index (χ3v) is 4.01. The Kier molecular flexibility index (Phi) is 5.04. The predicted octanol–water partition coefficient (Wildman–Crippen LogP) is 2.30. The van der Waals surface area contributed by atoms with Gasteiger partial charge < -0.3 is 10.2 Å². The lowest BCUT2D eigenvalue weighted by Crippen LogP contribution is -2.49. The third-order valence-electron chi connectivity index (χ3n) is 4.01. The van der Waals surface area contributed by atoms with Gasteiger partial charge in [0.1, 0.15) is 0 Å². The summed E-state index contributed by atoms with van der Waals surface area (Å²) in [6, 6.07) is 14.8. The summed E-state index contributed by atoms with van der Waals surface area (Å²) >= 11 is 0. The van der Waals surface area contributed by atoms with Gasteiger partial charge in [-0.3, -0.25) is 9.88 Å². The van der Waals surface area contributed by atoms with Gasteiger partial charge in [-0.25, -0.2) is 4.79 Å². The van der Waals surface area contributed by atoms with Crippen molar-refractivity contribution in [2.24, 2.45) is 0 Å². The highest BCUT2D eigenvalue weighted by Crippen LogP contribution is 2.12. The molecule has 3 rings (SSSR count). The Labute approximate surface area is 141 Å². The summed E-state index contributed by atoms with van der Waals surface area (Å²) in [5.41, 5.74) is 2.23. The molecule has 6 nitrogen and oxygen atoms in total. The Balaban J connectivity index is 1.51. The van der Waals surface area contributed by atoms with E-state index in [4.69, 9.17) is 5.26 Å². The molecule has 0 aliphatic carbocycles. The molecule has 2 aromatic rings. The summed E-state index contributed by atoms with van der Waals surface area (Å²) in [6.45, 7) is 3.80. The number of pyridine rings is 1. The number of nitrogens with zero attached hydrogens (tertiary/aromatic N) is 4. The molecule has 0 spiro atoms. The minimum atomic E-state index is -0.123. The number of hydrogen-bond acceptors (Lipinski definition) is 4. The lowest BCUT2D eigenvalue weighted by molar-refractivity contribution is 0.142. The third kappa shape index (κ3) is 4.09. The molecule has 1 N–H and O–H groups in total. The highest BCUT2D eigenvalue weighted by molar-refractivity contribution is 5.89. The van der Waals surface area contributed by atoms with Gasteiger partial charge in [0.05, 0.1) is 17.3 Å². The molecule has 6 heteroatoms. The molecule has 0 radical (unpaired) electrons. The maximum absolute atomic E-state index is 12.3. The van der Waals surface area contributed by atoms with Crippen LogP contribution in [0.1, 0.15) is 11.3 Å². The van der Waals surface area contributed by atoms with Crippen molar-refractivity contribution < 1.29 is 4.79 Å². The topological polar surface area (TPSA) is 72.3 Å². The van der Waals surface area contributed by atoms with Crippen molar-refractivity contribution in [2.45, 2.75) is 6.54 Å². The minimum Gasteiger partial charge on any atom is -0.322 e. The van der Waals surface area contributed by atoms with Gasteiger partial charge in [0.2, 0.25) is 0 Å². The van der Waals surface area contributed by atoms with Crippen LogP contribution < -0.4 is 5.32 Å². The van der Waals surface area contributed by atoms with E-state index in [-0.39, 0.29) is 6.03 Å². The Morgan fingerprint density at radius 1 is 1.17 bits per heavy atom. The average Bonchev–Trinajstić information content (AvgIpc) is 2.63. The smallest absolute Gasteiger partial charge is 0.321 e. The first kappa shape index (κ1) is 16.0. The van der Waals surface area contributed by atoms with Gasteiger partial charge in [0, 0.05) is 44.6 Å². The number of urea groups is 1. The van der Waals surface area contributed by atoms with Crippen LogP contribution in [0, 0.1) is 11.3 Å². The van der Waals surface area contributed by atoms with E-state index in [1.54, 1.807) is 35.4 Å². The second-order valence-electron chi connectivity index (χ2n) is 5.71. The number of benzene rings is 1. The van der Waals surface area contributed by atoms with Gasteiger partial charge in [0.15, 0.2) is 0 Å². The Morgan fingerprint density at radius 2 is 2.00 bits per heavy atom. The molecule has 2 amide bonds. The monoisotopic (exact) mass is 321 g/mol. The SMILES string of the molecule is N#Cc1cccc(NC(=O)N2CCN(Cc3ccccn3)CC2)c1. The van der Waals surface area contributed by atoms with Crippen molar-refractivity contribution in [1.29, 1.82) is 5.26 Å². The molecular formula is C18H19N5O. The van der Waals surface area contributed by atoms with Crippen molar-refractivity contribution >= 4 is 11.7 Å². The van der Waals surface area contributed by atoms with E-state index in [0.717, 1.165) is 25.3 Å². The van der Waals surface area contributed by atoms with E-state index in [2.05, 4.69) is 21.3 Å². The number of carbonyl (C=O) groups excluding carboxylic acids is 1. The molecule has 1 fully saturated rings. The van der Waals surface area contributed by atoms with Crippen LogP contribution in [0.2, 0.25) is 0 Å². The van der Waals surface area contributed by atoms with E-state index in [1.165, 1.54) is 0 Å². The van der Waals surface area contributed by atoms with Crippen LogP contribution in [-0.2, 0) is 6.54 Å². The molecule has 0 unspecified atom stereocenters. The number of amides is 2. The van der Waals surface area contributed by atoms with Gasteiger partial charge in [-0.15, -0.1) is 0 Å². The van der Waals surface area contributed by atoms with E-state index in [0.29, 0.717) is 24.3 Å². The van der Waals surface area contributed by atoms with Gasteiger partial charge in [-0.2, -0.15) is 5.26 Å². The molecule has 0 atom stereocenters. The molecule has 1 saturated heterocycles. The molecule has 2 heterocycles. The van der Waals surface area contributed by atoms with Gasteiger partial charge in [-0.05, 0) is 30.3 Å². The van der Waals surface area contributed by atoms with Gasteiger partial charge in [0.25, 0.3) is 0 Å². The van der Waals surface area contributed by atoms with Crippen LogP contribution in [0.4, 0.5) is 10.5 Å². The number of anilines is 1. The highest BCUT2D eigenvalue weighted by Gasteiger charge is 2.21. The molecule has 1 aromatic heterocycles. The van der Waals surface area contributed by atoms with Crippen LogP contribution in [0.25, 0.3) is 0 Å². The number of carbonyl (C=O) groups is 1. The number of nitrogens with one attached hydrogen (secondary N) is 1. The lowest BCUT2D eigenvalue weighted by atomic mass is 10.2. The Bertz CT molecular complexity index is 733. The fourth-order valence-corrected chi connectivity index (χ4v) is 2.70. The molecule has 0 bridgehead atoms. The molecule has 1 aliphatic heterocycles. The zero-order chi connectivity index (χ0) is 16.8. The fourth-order valence-electron chi connectivity index (χ4n) is 2.70. The van der Waals surface area contributed by atoms with Crippen molar-refractivity contribution in [3.05, 3.63) is 59.9 Å². The number of nitriles is 1. The summed E-state index contributed by atoms with van der Waals surface area (Å²) in [7, 11) is 0. The van der Waals surface area contributed by atoms with Crippen molar-refractivity contribution in [2.75, 3.05) is 31.5 Å². The maximum atomic E-state index is 12.3. The second kappa shape index (κ2) is 7.57. The molecule has 0 saturated carbocycles. The first-order valence-electron chi connectivity index (χ1n) is 7.93. The normalized spacial score (nSPS) is 14.9. The largest absolute Gasteiger partial charge is 0.322 e. The predicted molar refractivity (Wildman–Crippen MR) is 91.3 cm³/mol. The van der Waals surface area contributed by atoms with E-state index in [9.17, 15) is 4.79 Å². The molecule has 1 aromatic carbocycles. The second-order valence-corrected chi connectivity index (χ2v) is 5.71. The van der Waals surface area contributed by atoms with Crippen LogP contribution in [0.3, 0.4) is 0 Å². The average molecular weight is 321 g/mol. The molecule has 1 aliphatic rings. The Hall–Kier alpha value is -2.91. The number of rotatable bonds is 3. The molecular weight excluding hydrogens is 302 g/mol. The zero-order valence-corrected chi connectivity index (χ0v) is 13.4. The standard InChI is InChI=1S/C18H19N5O/c19-13-15-4-3-6-16(12-15)21-18(24)23-10-8-22(9-11-23)14-17-5-1-2-7-20-17/h1-7,12H,8-11,14H2,(H,21,24). The highest BCUT2D eigenvalue weighted by atomic mass is 16.2. The number of aromatic nitrogens is 1. The van der Waals surface area contributed by atoms with Crippen molar-refractivity contribution in [3.8, 4) is 6.07 Å². The summed E-state index contributed by atoms with van der Waals surface area (Å²) < 4.78 is 0. The first-order chi connectivity index (χ1) is 11.7. The van der Waals surface area contributed by atoms with Crippen LogP contribution in [0.15, 0.2) is 48.7 Å². The zero-order valence-electron chi connectivity index (χ0n) is 13.4. The molecule has 24 heavy (non-hydrogen) atoms. The summed E-state index contributed by atoms with van der Waals surface area (Å²) in [5, 5.41) is 11.8. The summed E-state index contributed by atoms with van der Waals surface area (Å²) in [4.78, 5) is 20.8. The van der Waals surface area contributed by atoms with Crippen molar-refractivity contribution in [1.82, 2.24) is 14.8 Å². The van der Waals surface area contributed by atoms with E-state index < -0.39 is 0 Å². The van der Waals surface area contributed by atoms with Gasteiger partial charge in [-0.1, -0.05) is 12.1 Å². The lowest BCUT2D eigenvalue weighted by Gasteiger charge is -2.34. The van der Waals surface area contributed by atoms with Crippen LogP contribution in [0.5, 0.6) is 0 Å². The quantitative estimate of drug-likeness (QED) is 0.941. The number of hydrogen-bond donors (Lipinski definition) is 1. The van der Waals surface area contributed by atoms with E-state index >= 15 is 0 Å².